The molecule has 7 heteroatoms. The maximum Gasteiger partial charge on any atom is 0.422 e. The molecule has 1 aromatic carbocycles. The van der Waals surface area contributed by atoms with Crippen molar-refractivity contribution in [2.75, 3.05) is 6.61 Å². The van der Waals surface area contributed by atoms with E-state index in [4.69, 9.17) is 5.26 Å². The Labute approximate surface area is 127 Å². The molecule has 0 saturated heterocycles. The highest BCUT2D eigenvalue weighted by Gasteiger charge is 2.33. The quantitative estimate of drug-likeness (QED) is 0.851. The van der Waals surface area contributed by atoms with E-state index in [1.165, 1.54) is 4.90 Å². The number of alkyl halides is 3. The molecule has 0 heterocycles. The summed E-state index contributed by atoms with van der Waals surface area (Å²) in [5.74, 6) is 0. The highest BCUT2D eigenvalue weighted by atomic mass is 19.4. The minimum atomic E-state index is -4.57. The van der Waals surface area contributed by atoms with Gasteiger partial charge in [-0.3, -0.25) is 4.90 Å². The topological polar surface area (TPSA) is 53.3 Å². The third-order valence-electron chi connectivity index (χ3n) is 2.79. The molecular formula is C15H17F3N2O2. The van der Waals surface area contributed by atoms with E-state index in [1.807, 2.05) is 6.07 Å². The number of benzene rings is 1. The molecule has 0 unspecified atom stereocenters. The Bertz CT molecular complexity index is 571. The number of ether oxygens (including phenoxy) is 1. The molecule has 0 radical (unpaired) electrons. The standard InChI is InChI=1S/C15H17F3N2O2/c1-14(2,3)20(13(21)22-10-15(16,17)18)9-12-6-4-5-11(7-12)8-19/h4-7H,9-10H2,1-3H3. The second-order valence-corrected chi connectivity index (χ2v) is 5.74. The Morgan fingerprint density at radius 3 is 2.45 bits per heavy atom. The van der Waals surface area contributed by atoms with E-state index in [-0.39, 0.29) is 6.54 Å². The fraction of sp³-hybridized carbons (Fsp3) is 0.467. The summed E-state index contributed by atoms with van der Waals surface area (Å²) in [5, 5.41) is 8.86. The number of hydrogen-bond donors (Lipinski definition) is 0. The zero-order valence-corrected chi connectivity index (χ0v) is 12.6. The first-order valence-corrected chi connectivity index (χ1v) is 6.53. The van der Waals surface area contributed by atoms with Crippen molar-refractivity contribution in [3.8, 4) is 6.07 Å². The molecule has 0 aliphatic rings. The van der Waals surface area contributed by atoms with E-state index >= 15 is 0 Å². The Morgan fingerprint density at radius 2 is 1.95 bits per heavy atom. The Balaban J connectivity index is 2.90. The number of carbonyl (C=O) groups is 1. The molecule has 22 heavy (non-hydrogen) atoms. The Kier molecular flexibility index (Phi) is 5.42. The first-order chi connectivity index (χ1) is 10.0. The molecule has 0 aliphatic heterocycles. The monoisotopic (exact) mass is 314 g/mol. The molecule has 0 saturated carbocycles. The smallest absolute Gasteiger partial charge is 0.422 e. The molecule has 4 nitrogen and oxygen atoms in total. The number of nitriles is 1. The largest absolute Gasteiger partial charge is 0.440 e. The van der Waals surface area contributed by atoms with Gasteiger partial charge in [0.2, 0.25) is 0 Å². The van der Waals surface area contributed by atoms with Gasteiger partial charge in [0.25, 0.3) is 0 Å². The SMILES string of the molecule is CC(C)(C)N(Cc1cccc(C#N)c1)C(=O)OCC(F)(F)F. The van der Waals surface area contributed by atoms with Crippen LogP contribution in [0.2, 0.25) is 0 Å². The fourth-order valence-electron chi connectivity index (χ4n) is 1.72. The maximum atomic E-state index is 12.2. The van der Waals surface area contributed by atoms with Crippen LogP contribution in [0.15, 0.2) is 24.3 Å². The highest BCUT2D eigenvalue weighted by molar-refractivity contribution is 5.68. The van der Waals surface area contributed by atoms with E-state index in [9.17, 15) is 18.0 Å². The molecule has 1 amide bonds. The van der Waals surface area contributed by atoms with Gasteiger partial charge < -0.3 is 4.74 Å². The molecular weight excluding hydrogens is 297 g/mol. The third kappa shape index (κ3) is 5.64. The van der Waals surface area contributed by atoms with Crippen molar-refractivity contribution in [3.63, 3.8) is 0 Å². The molecule has 0 N–H and O–H groups in total. The van der Waals surface area contributed by atoms with E-state index in [0.29, 0.717) is 11.1 Å². The third-order valence-corrected chi connectivity index (χ3v) is 2.79. The molecule has 1 aromatic rings. The second kappa shape index (κ2) is 6.69. The van der Waals surface area contributed by atoms with Gasteiger partial charge in [0, 0.05) is 12.1 Å². The zero-order valence-electron chi connectivity index (χ0n) is 12.6. The summed E-state index contributed by atoms with van der Waals surface area (Å²) in [6.07, 6.45) is -5.62. The van der Waals surface area contributed by atoms with E-state index < -0.39 is 24.4 Å². The van der Waals surface area contributed by atoms with Gasteiger partial charge in [0.1, 0.15) is 0 Å². The van der Waals surface area contributed by atoms with Gasteiger partial charge in [-0.1, -0.05) is 12.1 Å². The lowest BCUT2D eigenvalue weighted by molar-refractivity contribution is -0.163. The van der Waals surface area contributed by atoms with Crippen molar-refractivity contribution in [1.82, 2.24) is 4.90 Å². The van der Waals surface area contributed by atoms with Gasteiger partial charge in [-0.05, 0) is 38.5 Å². The average molecular weight is 314 g/mol. The zero-order chi connectivity index (χ0) is 17.0. The van der Waals surface area contributed by atoms with Gasteiger partial charge in [0.15, 0.2) is 6.61 Å². The van der Waals surface area contributed by atoms with E-state index in [2.05, 4.69) is 4.74 Å². The van der Waals surface area contributed by atoms with Crippen LogP contribution in [-0.4, -0.2) is 29.3 Å². The van der Waals surface area contributed by atoms with Crippen LogP contribution in [0.5, 0.6) is 0 Å². The van der Waals surface area contributed by atoms with E-state index in [1.54, 1.807) is 45.0 Å². The van der Waals surface area contributed by atoms with Gasteiger partial charge >= 0.3 is 12.3 Å². The van der Waals surface area contributed by atoms with Crippen LogP contribution in [0.25, 0.3) is 0 Å². The van der Waals surface area contributed by atoms with Crippen LogP contribution in [0.1, 0.15) is 31.9 Å². The first kappa shape index (κ1) is 17.8. The van der Waals surface area contributed by atoms with Crippen molar-refractivity contribution in [3.05, 3.63) is 35.4 Å². The van der Waals surface area contributed by atoms with Crippen molar-refractivity contribution in [2.24, 2.45) is 0 Å². The number of halogens is 3. The molecule has 0 aromatic heterocycles. The van der Waals surface area contributed by atoms with Crippen LogP contribution in [0.4, 0.5) is 18.0 Å². The predicted octanol–water partition coefficient (Wildman–Crippen LogP) is 3.86. The van der Waals surface area contributed by atoms with Gasteiger partial charge in [0.05, 0.1) is 11.6 Å². The summed E-state index contributed by atoms with van der Waals surface area (Å²) < 4.78 is 40.8. The van der Waals surface area contributed by atoms with Crippen LogP contribution >= 0.6 is 0 Å². The number of rotatable bonds is 3. The molecule has 0 spiro atoms. The van der Waals surface area contributed by atoms with Crippen LogP contribution in [0, 0.1) is 11.3 Å². The minimum Gasteiger partial charge on any atom is -0.440 e. The van der Waals surface area contributed by atoms with Crippen molar-refractivity contribution in [2.45, 2.75) is 39.0 Å². The number of carbonyl (C=O) groups excluding carboxylic acids is 1. The normalized spacial score (nSPS) is 11.7. The fourth-order valence-corrected chi connectivity index (χ4v) is 1.72. The molecule has 0 atom stereocenters. The number of amides is 1. The molecule has 1 rings (SSSR count). The second-order valence-electron chi connectivity index (χ2n) is 5.74. The number of nitrogens with zero attached hydrogens (tertiary/aromatic N) is 2. The van der Waals surface area contributed by atoms with Gasteiger partial charge in [-0.15, -0.1) is 0 Å². The molecule has 0 aliphatic carbocycles. The van der Waals surface area contributed by atoms with Crippen LogP contribution in [-0.2, 0) is 11.3 Å². The lowest BCUT2D eigenvalue weighted by atomic mass is 10.0. The van der Waals surface area contributed by atoms with Crippen LogP contribution in [0.3, 0.4) is 0 Å². The number of hydrogen-bond acceptors (Lipinski definition) is 3. The summed E-state index contributed by atoms with van der Waals surface area (Å²) in [4.78, 5) is 13.1. The summed E-state index contributed by atoms with van der Waals surface area (Å²) in [6, 6.07) is 8.49. The summed E-state index contributed by atoms with van der Waals surface area (Å²) >= 11 is 0. The maximum absolute atomic E-state index is 12.2. The van der Waals surface area contributed by atoms with Crippen LogP contribution < -0.4 is 0 Å². The van der Waals surface area contributed by atoms with Gasteiger partial charge in [-0.25, -0.2) is 4.79 Å². The van der Waals surface area contributed by atoms with Gasteiger partial charge in [-0.2, -0.15) is 18.4 Å². The average Bonchev–Trinajstić information content (AvgIpc) is 2.40. The summed E-state index contributed by atoms with van der Waals surface area (Å²) in [5.41, 5.74) is 0.318. The Hall–Kier alpha value is -2.23. The molecule has 0 bridgehead atoms. The van der Waals surface area contributed by atoms with Crippen molar-refractivity contribution >= 4 is 6.09 Å². The molecule has 120 valence electrons. The minimum absolute atomic E-state index is 0.0513. The summed E-state index contributed by atoms with van der Waals surface area (Å²) in [6.45, 7) is 3.49. The van der Waals surface area contributed by atoms with Crippen molar-refractivity contribution in [1.29, 1.82) is 5.26 Å². The lowest BCUT2D eigenvalue weighted by Gasteiger charge is -2.35. The predicted molar refractivity (Wildman–Crippen MR) is 73.9 cm³/mol. The lowest BCUT2D eigenvalue weighted by Crippen LogP contribution is -2.46. The molecule has 0 fully saturated rings. The van der Waals surface area contributed by atoms with E-state index in [0.717, 1.165) is 0 Å². The summed E-state index contributed by atoms with van der Waals surface area (Å²) in [7, 11) is 0. The van der Waals surface area contributed by atoms with Crippen molar-refractivity contribution < 1.29 is 22.7 Å². The highest BCUT2D eigenvalue weighted by Crippen LogP contribution is 2.21. The first-order valence-electron chi connectivity index (χ1n) is 6.53. The Morgan fingerprint density at radius 1 is 1.32 bits per heavy atom.